The van der Waals surface area contributed by atoms with Crippen molar-refractivity contribution >= 4 is 56.4 Å². The van der Waals surface area contributed by atoms with Gasteiger partial charge >= 0.3 is 6.09 Å². The van der Waals surface area contributed by atoms with Gasteiger partial charge in [0.2, 0.25) is 27.7 Å². The summed E-state index contributed by atoms with van der Waals surface area (Å²) in [4.78, 5) is 60.8. The summed E-state index contributed by atoms with van der Waals surface area (Å²) >= 11 is 1.50. The van der Waals surface area contributed by atoms with Crippen LogP contribution in [0, 0.1) is 5.92 Å². The number of fused-ring (bicyclic) bond motifs is 3. The van der Waals surface area contributed by atoms with Gasteiger partial charge in [0.05, 0.1) is 11.8 Å². The van der Waals surface area contributed by atoms with Gasteiger partial charge < -0.3 is 25.0 Å². The first kappa shape index (κ1) is 35.0. The SMILES string of the molecule is CC(C)(C)OC(=O)N[C@H]1CSCCCC=CC2C[C@@]2(C(=O)NS(=O)(=O)C2CC2)NC(=O)[C@@H]2CC(Oc3nccc4ccccc34)CN2C1=O. The number of benzene rings is 1. The van der Waals surface area contributed by atoms with Crippen molar-refractivity contribution in [3.63, 3.8) is 0 Å². The van der Waals surface area contributed by atoms with Crippen molar-refractivity contribution in [1.29, 1.82) is 0 Å². The molecule has 5 atom stereocenters. The average Bonchev–Trinajstić information content (AvgIpc) is 3.96. The van der Waals surface area contributed by atoms with Crippen LogP contribution in [0.1, 0.15) is 59.3 Å². The summed E-state index contributed by atoms with van der Waals surface area (Å²) in [5.74, 6) is -1.01. The second kappa shape index (κ2) is 13.8. The molecule has 4 amide bonds. The molecule has 0 bridgehead atoms. The molecule has 1 aromatic carbocycles. The Morgan fingerprint density at radius 2 is 1.92 bits per heavy atom. The maximum Gasteiger partial charge on any atom is 0.408 e. The van der Waals surface area contributed by atoms with Crippen LogP contribution < -0.4 is 20.1 Å². The molecule has 2 aromatic rings. The molecule has 2 aliphatic heterocycles. The number of hydrogen-bond acceptors (Lipinski definition) is 10. The highest BCUT2D eigenvalue weighted by Gasteiger charge is 2.62. The molecule has 15 heteroatoms. The second-order valence-corrected chi connectivity index (χ2v) is 17.2. The van der Waals surface area contributed by atoms with E-state index in [1.54, 1.807) is 27.0 Å². The van der Waals surface area contributed by atoms with Gasteiger partial charge in [-0.3, -0.25) is 19.1 Å². The summed E-state index contributed by atoms with van der Waals surface area (Å²) in [7, 11) is -3.87. The number of alkyl carbamates (subject to hydrolysis) is 1. The molecule has 264 valence electrons. The molecule has 6 rings (SSSR count). The minimum Gasteiger partial charge on any atom is -0.472 e. The number of aromatic nitrogens is 1. The number of thioether (sulfide) groups is 1. The summed E-state index contributed by atoms with van der Waals surface area (Å²) in [5.41, 5.74) is -2.28. The van der Waals surface area contributed by atoms with Crippen LogP contribution in [-0.4, -0.2) is 94.7 Å². The van der Waals surface area contributed by atoms with Crippen molar-refractivity contribution in [3.05, 3.63) is 48.7 Å². The maximum absolute atomic E-state index is 14.3. The lowest BCUT2D eigenvalue weighted by Gasteiger charge is -2.30. The third-order valence-electron chi connectivity index (χ3n) is 9.03. The van der Waals surface area contributed by atoms with E-state index in [2.05, 4.69) is 20.3 Å². The lowest BCUT2D eigenvalue weighted by Crippen LogP contribution is -2.58. The second-order valence-electron chi connectivity index (χ2n) is 14.1. The standard InChI is InChI=1S/C34H43N5O8S2/c1-33(2,3)47-32(43)36-26-20-48-16-8-4-5-10-22-18-34(22,31(42)38-49(44,45)24-12-13-24)37-28(40)27-17-23(19-39(27)30(26)41)46-29-25-11-7-6-9-21(25)14-15-35-29/h5-7,9-11,14-15,22-24,26-27H,4,8,12-13,16-20H2,1-3H3,(H,36,43)(H,37,40)(H,38,42)/t22?,23?,26-,27-,34+/m0/s1. The fourth-order valence-electron chi connectivity index (χ4n) is 6.28. The van der Waals surface area contributed by atoms with Crippen LogP contribution in [-0.2, 0) is 29.1 Å². The van der Waals surface area contributed by atoms with Crippen molar-refractivity contribution < 1.29 is 37.1 Å². The van der Waals surface area contributed by atoms with Gasteiger partial charge in [0.25, 0.3) is 5.91 Å². The zero-order valence-electron chi connectivity index (χ0n) is 27.8. The van der Waals surface area contributed by atoms with Crippen LogP contribution >= 0.6 is 11.8 Å². The largest absolute Gasteiger partial charge is 0.472 e. The Kier molecular flexibility index (Phi) is 9.86. The van der Waals surface area contributed by atoms with E-state index in [0.29, 0.717) is 30.9 Å². The van der Waals surface area contributed by atoms with E-state index in [-0.39, 0.29) is 25.1 Å². The topological polar surface area (TPSA) is 173 Å². The van der Waals surface area contributed by atoms with Gasteiger partial charge in [-0.05, 0) is 76.1 Å². The Hall–Kier alpha value is -3.85. The van der Waals surface area contributed by atoms with Crippen LogP contribution in [0.2, 0.25) is 0 Å². The number of carbonyl (C=O) groups excluding carboxylic acids is 4. The third kappa shape index (κ3) is 8.14. The number of amides is 4. The molecule has 1 saturated heterocycles. The zero-order chi connectivity index (χ0) is 35.0. The van der Waals surface area contributed by atoms with E-state index >= 15 is 0 Å². The molecule has 3 N–H and O–H groups in total. The molecule has 1 aromatic heterocycles. The molecule has 0 radical (unpaired) electrons. The first-order chi connectivity index (χ1) is 23.3. The molecule has 3 fully saturated rings. The van der Waals surface area contributed by atoms with Gasteiger partial charge in [-0.25, -0.2) is 18.2 Å². The summed E-state index contributed by atoms with van der Waals surface area (Å²) < 4.78 is 39.5. The van der Waals surface area contributed by atoms with Crippen LogP contribution in [0.15, 0.2) is 48.7 Å². The Morgan fingerprint density at radius 1 is 1.14 bits per heavy atom. The van der Waals surface area contributed by atoms with Crippen molar-refractivity contribution in [2.45, 2.75) is 93.9 Å². The smallest absolute Gasteiger partial charge is 0.408 e. The molecule has 2 unspecified atom stereocenters. The van der Waals surface area contributed by atoms with Crippen LogP contribution in [0.5, 0.6) is 5.88 Å². The summed E-state index contributed by atoms with van der Waals surface area (Å²) in [6.07, 6.45) is 6.72. The van der Waals surface area contributed by atoms with Gasteiger partial charge in [0.15, 0.2) is 0 Å². The van der Waals surface area contributed by atoms with Crippen LogP contribution in [0.25, 0.3) is 10.8 Å². The molecule has 2 saturated carbocycles. The van der Waals surface area contributed by atoms with Gasteiger partial charge in [-0.2, -0.15) is 11.8 Å². The monoisotopic (exact) mass is 713 g/mol. The minimum absolute atomic E-state index is 0.0115. The predicted molar refractivity (Wildman–Crippen MR) is 184 cm³/mol. The van der Waals surface area contributed by atoms with Gasteiger partial charge in [0.1, 0.15) is 29.3 Å². The Labute approximate surface area is 290 Å². The fourth-order valence-corrected chi connectivity index (χ4v) is 8.64. The van der Waals surface area contributed by atoms with Crippen LogP contribution in [0.4, 0.5) is 4.79 Å². The average molecular weight is 714 g/mol. The van der Waals surface area contributed by atoms with Crippen molar-refractivity contribution in [3.8, 4) is 5.88 Å². The first-order valence-electron chi connectivity index (χ1n) is 16.7. The first-order valence-corrected chi connectivity index (χ1v) is 19.4. The van der Waals surface area contributed by atoms with Crippen molar-refractivity contribution in [2.24, 2.45) is 5.92 Å². The maximum atomic E-state index is 14.3. The quantitative estimate of drug-likeness (QED) is 0.378. The highest BCUT2D eigenvalue weighted by molar-refractivity contribution is 7.99. The zero-order valence-corrected chi connectivity index (χ0v) is 29.5. The summed E-state index contributed by atoms with van der Waals surface area (Å²) in [6.45, 7) is 5.19. The molecule has 2 aliphatic carbocycles. The lowest BCUT2D eigenvalue weighted by molar-refractivity contribution is -0.140. The molecule has 3 heterocycles. The van der Waals surface area contributed by atoms with Crippen molar-refractivity contribution in [1.82, 2.24) is 25.2 Å². The number of nitrogens with zero attached hydrogens (tertiary/aromatic N) is 2. The van der Waals surface area contributed by atoms with E-state index in [9.17, 15) is 27.6 Å². The Bertz CT molecular complexity index is 1750. The Balaban J connectivity index is 1.30. The van der Waals surface area contributed by atoms with Crippen molar-refractivity contribution in [2.75, 3.05) is 18.1 Å². The highest BCUT2D eigenvalue weighted by atomic mass is 32.2. The molecule has 4 aliphatic rings. The number of carbonyl (C=O) groups is 4. The number of sulfonamides is 1. The predicted octanol–water partition coefficient (Wildman–Crippen LogP) is 3.04. The third-order valence-corrected chi connectivity index (χ3v) is 12.0. The number of allylic oxidation sites excluding steroid dienone is 1. The van der Waals surface area contributed by atoms with Gasteiger partial charge in [-0.1, -0.05) is 30.4 Å². The minimum atomic E-state index is -3.87. The normalized spacial score (nSPS) is 27.9. The lowest BCUT2D eigenvalue weighted by atomic mass is 10.1. The number of hydrogen-bond donors (Lipinski definition) is 3. The van der Waals surface area contributed by atoms with E-state index in [1.165, 1.54) is 16.7 Å². The summed E-state index contributed by atoms with van der Waals surface area (Å²) in [5, 5.41) is 6.64. The number of nitrogens with one attached hydrogen (secondary N) is 3. The highest BCUT2D eigenvalue weighted by Crippen LogP contribution is 2.46. The number of pyridine rings is 1. The van der Waals surface area contributed by atoms with Gasteiger partial charge in [0, 0.05) is 29.7 Å². The van der Waals surface area contributed by atoms with E-state index in [1.807, 2.05) is 42.5 Å². The summed E-state index contributed by atoms with van der Waals surface area (Å²) in [6, 6.07) is 7.33. The van der Waals surface area contributed by atoms with E-state index in [0.717, 1.165) is 17.2 Å². The molecule has 13 nitrogen and oxygen atoms in total. The molecular formula is C34H43N5O8S2. The fraction of sp³-hybridized carbons (Fsp3) is 0.559. The van der Waals surface area contributed by atoms with E-state index in [4.69, 9.17) is 9.47 Å². The molecular weight excluding hydrogens is 671 g/mol. The van der Waals surface area contributed by atoms with Crippen LogP contribution in [0.3, 0.4) is 0 Å². The Morgan fingerprint density at radius 3 is 2.67 bits per heavy atom. The molecule has 0 spiro atoms. The molecule has 49 heavy (non-hydrogen) atoms. The number of ether oxygens (including phenoxy) is 2. The van der Waals surface area contributed by atoms with Gasteiger partial charge in [-0.15, -0.1) is 0 Å². The van der Waals surface area contributed by atoms with E-state index < -0.39 is 74.3 Å². The number of rotatable bonds is 6.